The van der Waals surface area contributed by atoms with Crippen molar-refractivity contribution < 1.29 is 4.74 Å². The number of nitrogens with one attached hydrogen (secondary N) is 1. The molecule has 0 bridgehead atoms. The Morgan fingerprint density at radius 1 is 1.18 bits per heavy atom. The summed E-state index contributed by atoms with van der Waals surface area (Å²) in [5.74, 6) is 0.713. The summed E-state index contributed by atoms with van der Waals surface area (Å²) < 4.78 is 7.69. The fraction of sp³-hybridized carbons (Fsp3) is 0.583. The highest BCUT2D eigenvalue weighted by atomic mass is 16.5. The molecule has 0 unspecified atom stereocenters. The van der Waals surface area contributed by atoms with Gasteiger partial charge in [-0.05, 0) is 66.9 Å². The summed E-state index contributed by atoms with van der Waals surface area (Å²) in [6, 6.07) is 5.92. The highest BCUT2D eigenvalue weighted by Gasteiger charge is 2.33. The number of pyridine rings is 1. The van der Waals surface area contributed by atoms with Crippen molar-refractivity contribution in [1.29, 1.82) is 0 Å². The molecule has 176 valence electrons. The number of aryl methyl sites for hydroxylation is 2. The van der Waals surface area contributed by atoms with Gasteiger partial charge in [0.1, 0.15) is 6.04 Å². The minimum atomic E-state index is -0.311. The predicted molar refractivity (Wildman–Crippen MR) is 126 cm³/mol. The Labute approximate surface area is 193 Å². The Kier molecular flexibility index (Phi) is 6.27. The van der Waals surface area contributed by atoms with E-state index in [-0.39, 0.29) is 17.7 Å². The van der Waals surface area contributed by atoms with Gasteiger partial charge < -0.3 is 14.6 Å². The molecule has 0 aliphatic carbocycles. The molecule has 2 aliphatic rings. The first-order chi connectivity index (χ1) is 16.0. The average Bonchev–Trinajstić information content (AvgIpc) is 3.48. The molecule has 0 spiro atoms. The molecule has 9 nitrogen and oxygen atoms in total. The van der Waals surface area contributed by atoms with Gasteiger partial charge in [0.2, 0.25) is 0 Å². The molecule has 2 aliphatic heterocycles. The SMILES string of the molecule is CCN1CCN([C@H](c2cc3c(C)cc(C)cc3[nH]c2=O)c2nnnn2C[C@@H]2CCCO2)CC1. The molecule has 2 fully saturated rings. The van der Waals surface area contributed by atoms with Gasteiger partial charge in [-0.1, -0.05) is 13.0 Å². The number of rotatable bonds is 6. The number of hydrogen-bond acceptors (Lipinski definition) is 7. The second-order valence-corrected chi connectivity index (χ2v) is 9.32. The summed E-state index contributed by atoms with van der Waals surface area (Å²) >= 11 is 0. The second kappa shape index (κ2) is 9.32. The van der Waals surface area contributed by atoms with E-state index in [0.29, 0.717) is 17.9 Å². The van der Waals surface area contributed by atoms with Crippen molar-refractivity contribution in [3.63, 3.8) is 0 Å². The molecule has 3 aromatic rings. The highest BCUT2D eigenvalue weighted by molar-refractivity contribution is 5.83. The Morgan fingerprint density at radius 3 is 2.73 bits per heavy atom. The van der Waals surface area contributed by atoms with Crippen molar-refractivity contribution >= 4 is 10.9 Å². The zero-order chi connectivity index (χ0) is 22.9. The molecule has 2 atom stereocenters. The molecule has 1 aromatic carbocycles. The summed E-state index contributed by atoms with van der Waals surface area (Å²) in [6.07, 6.45) is 2.19. The Balaban J connectivity index is 1.59. The first-order valence-corrected chi connectivity index (χ1v) is 12.0. The van der Waals surface area contributed by atoms with Crippen LogP contribution in [0.25, 0.3) is 10.9 Å². The first-order valence-electron chi connectivity index (χ1n) is 12.0. The predicted octanol–water partition coefficient (Wildman–Crippen LogP) is 2.04. The number of nitrogens with zero attached hydrogens (tertiary/aromatic N) is 6. The fourth-order valence-electron chi connectivity index (χ4n) is 5.25. The van der Waals surface area contributed by atoms with Crippen LogP contribution in [0.1, 0.15) is 48.3 Å². The molecule has 2 aromatic heterocycles. The summed E-state index contributed by atoms with van der Waals surface area (Å²) in [5.41, 5.74) is 3.77. The van der Waals surface area contributed by atoms with E-state index in [4.69, 9.17) is 4.74 Å². The minimum absolute atomic E-state index is 0.0814. The van der Waals surface area contributed by atoms with Crippen molar-refractivity contribution in [1.82, 2.24) is 35.0 Å². The van der Waals surface area contributed by atoms with E-state index in [0.717, 1.165) is 74.2 Å². The summed E-state index contributed by atoms with van der Waals surface area (Å²) in [5, 5.41) is 13.8. The maximum absolute atomic E-state index is 13.4. The van der Waals surface area contributed by atoms with Crippen molar-refractivity contribution in [2.45, 2.75) is 52.3 Å². The highest BCUT2D eigenvalue weighted by Crippen LogP contribution is 2.29. The lowest BCUT2D eigenvalue weighted by Crippen LogP contribution is -2.49. The number of likely N-dealkylation sites (N-methyl/N-ethyl adjacent to an activating group) is 1. The lowest BCUT2D eigenvalue weighted by Gasteiger charge is -2.38. The zero-order valence-electron chi connectivity index (χ0n) is 19.8. The van der Waals surface area contributed by atoms with Crippen molar-refractivity contribution in [3.05, 3.63) is 51.1 Å². The van der Waals surface area contributed by atoms with Gasteiger partial charge in [-0.15, -0.1) is 5.10 Å². The average molecular weight is 452 g/mol. The van der Waals surface area contributed by atoms with Crippen molar-refractivity contribution in [2.75, 3.05) is 39.3 Å². The lowest BCUT2D eigenvalue weighted by molar-refractivity contribution is 0.0860. The summed E-state index contributed by atoms with van der Waals surface area (Å²) in [6.45, 7) is 12.4. The molecule has 9 heteroatoms. The number of hydrogen-bond donors (Lipinski definition) is 1. The monoisotopic (exact) mass is 451 g/mol. The third-order valence-electron chi connectivity index (χ3n) is 7.06. The van der Waals surface area contributed by atoms with Gasteiger partial charge in [0.05, 0.1) is 12.6 Å². The molecular weight excluding hydrogens is 418 g/mol. The van der Waals surface area contributed by atoms with Gasteiger partial charge in [-0.2, -0.15) is 0 Å². The Hall–Kier alpha value is -2.62. The number of benzene rings is 1. The molecule has 0 amide bonds. The van der Waals surface area contributed by atoms with Crippen LogP contribution < -0.4 is 5.56 Å². The first kappa shape index (κ1) is 22.2. The van der Waals surface area contributed by atoms with Crippen LogP contribution in [0.2, 0.25) is 0 Å². The number of tetrazole rings is 1. The van der Waals surface area contributed by atoms with Gasteiger partial charge >= 0.3 is 0 Å². The standard InChI is InChI=1S/C24H33N7O2/c1-4-29-7-9-30(10-8-29)22(23-26-27-28-31(23)15-18-6-5-11-33-18)20-14-19-17(3)12-16(2)13-21(19)25-24(20)32/h12-14,18,22H,4-11,15H2,1-3H3,(H,25,32)/t18-,22+/m0/s1. The zero-order valence-corrected chi connectivity index (χ0v) is 19.8. The van der Waals surface area contributed by atoms with Crippen LogP contribution in [-0.4, -0.2) is 80.4 Å². The van der Waals surface area contributed by atoms with E-state index in [2.05, 4.69) is 50.2 Å². The van der Waals surface area contributed by atoms with Crippen LogP contribution in [-0.2, 0) is 11.3 Å². The van der Waals surface area contributed by atoms with Crippen molar-refractivity contribution in [3.8, 4) is 0 Å². The van der Waals surface area contributed by atoms with Gasteiger partial charge in [-0.25, -0.2) is 4.68 Å². The third-order valence-corrected chi connectivity index (χ3v) is 7.06. The molecule has 5 rings (SSSR count). The number of aromatic amines is 1. The normalized spacial score (nSPS) is 21.1. The van der Waals surface area contributed by atoms with E-state index in [1.807, 2.05) is 23.7 Å². The van der Waals surface area contributed by atoms with Crippen LogP contribution in [0, 0.1) is 13.8 Å². The smallest absolute Gasteiger partial charge is 0.253 e. The van der Waals surface area contributed by atoms with Crippen molar-refractivity contribution in [2.24, 2.45) is 0 Å². The number of ether oxygens (including phenoxy) is 1. The largest absolute Gasteiger partial charge is 0.376 e. The molecule has 0 saturated carbocycles. The second-order valence-electron chi connectivity index (χ2n) is 9.32. The van der Waals surface area contributed by atoms with E-state index in [9.17, 15) is 4.79 Å². The van der Waals surface area contributed by atoms with E-state index in [1.54, 1.807) is 0 Å². The van der Waals surface area contributed by atoms with Gasteiger partial charge in [0.15, 0.2) is 5.82 Å². The lowest BCUT2D eigenvalue weighted by atomic mass is 9.99. The van der Waals surface area contributed by atoms with Crippen LogP contribution >= 0.6 is 0 Å². The quantitative estimate of drug-likeness (QED) is 0.613. The van der Waals surface area contributed by atoms with E-state index >= 15 is 0 Å². The number of aromatic nitrogens is 5. The molecule has 33 heavy (non-hydrogen) atoms. The Bertz CT molecular complexity index is 1170. The Morgan fingerprint density at radius 2 is 2.00 bits per heavy atom. The van der Waals surface area contributed by atoms with Gasteiger partial charge in [0, 0.05) is 49.3 Å². The maximum Gasteiger partial charge on any atom is 0.253 e. The van der Waals surface area contributed by atoms with E-state index in [1.165, 1.54) is 0 Å². The van der Waals surface area contributed by atoms with Crippen LogP contribution in [0.3, 0.4) is 0 Å². The number of fused-ring (bicyclic) bond motifs is 1. The maximum atomic E-state index is 13.4. The molecular formula is C24H33N7O2. The topological polar surface area (TPSA) is 92.2 Å². The minimum Gasteiger partial charge on any atom is -0.376 e. The van der Waals surface area contributed by atoms with Gasteiger partial charge in [0.25, 0.3) is 5.56 Å². The fourth-order valence-corrected chi connectivity index (χ4v) is 5.25. The summed E-state index contributed by atoms with van der Waals surface area (Å²) in [7, 11) is 0. The number of piperazine rings is 1. The van der Waals surface area contributed by atoms with Crippen LogP contribution in [0.5, 0.6) is 0 Å². The molecule has 4 heterocycles. The molecule has 2 saturated heterocycles. The van der Waals surface area contributed by atoms with Crippen LogP contribution in [0.15, 0.2) is 23.0 Å². The van der Waals surface area contributed by atoms with Crippen LogP contribution in [0.4, 0.5) is 0 Å². The molecule has 1 N–H and O–H groups in total. The molecule has 0 radical (unpaired) electrons. The summed E-state index contributed by atoms with van der Waals surface area (Å²) in [4.78, 5) is 21.3. The van der Waals surface area contributed by atoms with Gasteiger partial charge in [-0.3, -0.25) is 9.69 Å². The van der Waals surface area contributed by atoms with E-state index < -0.39 is 0 Å². The third kappa shape index (κ3) is 4.45. The number of H-pyrrole nitrogens is 1.